The molecule has 2 unspecified atom stereocenters. The van der Waals surface area contributed by atoms with Crippen molar-refractivity contribution >= 4 is 35.4 Å². The Morgan fingerprint density at radius 3 is 2.85 bits per heavy atom. The Morgan fingerprint density at radius 2 is 2.23 bits per heavy atom. The van der Waals surface area contributed by atoms with E-state index in [1.165, 1.54) is 31.8 Å². The molecular weight excluding hydrogens is 385 g/mol. The van der Waals surface area contributed by atoms with Crippen molar-refractivity contribution in [2.24, 2.45) is 0 Å². The van der Waals surface area contributed by atoms with Crippen LogP contribution in [0.2, 0.25) is 0 Å². The van der Waals surface area contributed by atoms with Crippen LogP contribution >= 0.6 is 6.49 Å². The summed E-state index contributed by atoms with van der Waals surface area (Å²) in [6.07, 6.45) is -1.20. The number of aromatic nitrogens is 4. The van der Waals surface area contributed by atoms with Gasteiger partial charge in [-0.05, 0) is 11.8 Å². The normalized spacial score (nSPS) is 28.5. The fraction of sp³-hybridized carbons (Fsp3) is 0.615. The molecule has 0 radical (unpaired) electrons. The van der Waals surface area contributed by atoms with Crippen LogP contribution in [0.5, 0.6) is 0 Å². The summed E-state index contributed by atoms with van der Waals surface area (Å²) >= 11 is 5.01. The molecule has 1 aliphatic rings. The minimum atomic E-state index is -2.99. The molecule has 3 rings (SSSR count). The van der Waals surface area contributed by atoms with Gasteiger partial charge in [-0.2, -0.15) is 4.98 Å². The van der Waals surface area contributed by atoms with Crippen molar-refractivity contribution < 1.29 is 23.6 Å². The van der Waals surface area contributed by atoms with E-state index < -0.39 is 36.6 Å². The number of nitrogen functional groups attached to an aromatic ring is 1. The third kappa shape index (κ3) is 3.67. The number of hydrogen-bond acceptors (Lipinski definition) is 9. The van der Waals surface area contributed by atoms with Crippen LogP contribution in [0.3, 0.4) is 0 Å². The van der Waals surface area contributed by atoms with Gasteiger partial charge in [0.05, 0.1) is 12.9 Å². The molecule has 0 aliphatic carbocycles. The molecule has 26 heavy (non-hydrogen) atoms. The molecule has 3 heterocycles. The number of methoxy groups -OCH3 is 2. The standard InChI is InChI=1S/C13H20N5O6PS/c1-21-4-6-8(24-25(3,20)26)9(22-2)12(23-6)18-5-15-7-10(18)16-13(14)17-11(7)19/h5-6,8-9,12H,4H2,1-3H3,(H,20,26)(H3,14,16,17,19)/t6-,8?,9+,12-,25?/m1/s1. The van der Waals surface area contributed by atoms with E-state index in [-0.39, 0.29) is 23.7 Å². The van der Waals surface area contributed by atoms with Crippen molar-refractivity contribution in [2.45, 2.75) is 24.5 Å². The number of H-pyrrole nitrogens is 1. The summed E-state index contributed by atoms with van der Waals surface area (Å²) in [4.78, 5) is 32.6. The third-order valence-corrected chi connectivity index (χ3v) is 4.82. The molecule has 0 bridgehead atoms. The summed E-state index contributed by atoms with van der Waals surface area (Å²) in [6.45, 7) is -1.35. The van der Waals surface area contributed by atoms with E-state index in [2.05, 4.69) is 15.0 Å². The van der Waals surface area contributed by atoms with Crippen LogP contribution in [-0.2, 0) is 30.5 Å². The van der Waals surface area contributed by atoms with E-state index in [1.807, 2.05) is 0 Å². The Morgan fingerprint density at radius 1 is 1.50 bits per heavy atom. The number of hydrogen-bond donors (Lipinski definition) is 3. The number of rotatable bonds is 6. The highest BCUT2D eigenvalue weighted by Crippen LogP contribution is 2.45. The molecule has 1 saturated heterocycles. The smallest absolute Gasteiger partial charge is 0.280 e. The fourth-order valence-corrected chi connectivity index (χ4v) is 3.97. The quantitative estimate of drug-likeness (QED) is 0.541. The van der Waals surface area contributed by atoms with Gasteiger partial charge in [0, 0.05) is 20.9 Å². The first-order valence-corrected chi connectivity index (χ1v) is 10.8. The van der Waals surface area contributed by atoms with E-state index >= 15 is 0 Å². The molecule has 0 amide bonds. The first-order chi connectivity index (χ1) is 12.2. The van der Waals surface area contributed by atoms with Crippen molar-refractivity contribution in [2.75, 3.05) is 33.2 Å². The van der Waals surface area contributed by atoms with Gasteiger partial charge >= 0.3 is 0 Å². The SMILES string of the molecule is COC[C@H]1O[C@@H](n2cnc3c(=O)[nH]c(N)nc32)[C@@H](OC)C1OP(C)(O)=S. The summed E-state index contributed by atoms with van der Waals surface area (Å²) in [5.74, 6) is -0.0446. The van der Waals surface area contributed by atoms with Crippen LogP contribution in [0.25, 0.3) is 11.2 Å². The minimum absolute atomic E-state index is 0.0446. The van der Waals surface area contributed by atoms with E-state index in [1.54, 1.807) is 0 Å². The van der Waals surface area contributed by atoms with Crippen molar-refractivity contribution in [3.63, 3.8) is 0 Å². The van der Waals surface area contributed by atoms with E-state index in [0.29, 0.717) is 0 Å². The maximum absolute atomic E-state index is 12.0. The summed E-state index contributed by atoms with van der Waals surface area (Å²) < 4.78 is 23.9. The zero-order valence-corrected chi connectivity index (χ0v) is 16.1. The Hall–Kier alpha value is -1.40. The van der Waals surface area contributed by atoms with Crippen molar-refractivity contribution in [1.82, 2.24) is 19.5 Å². The number of aromatic amines is 1. The van der Waals surface area contributed by atoms with Gasteiger partial charge in [0.25, 0.3) is 5.56 Å². The lowest BCUT2D eigenvalue weighted by Crippen LogP contribution is -2.37. The Labute approximate surface area is 153 Å². The first kappa shape index (κ1) is 19.4. The zero-order valence-electron chi connectivity index (χ0n) is 14.4. The average Bonchev–Trinajstić information content (AvgIpc) is 3.08. The molecule has 0 spiro atoms. The maximum atomic E-state index is 12.0. The van der Waals surface area contributed by atoms with Gasteiger partial charge in [-0.1, -0.05) is 0 Å². The predicted octanol–water partition coefficient (Wildman–Crippen LogP) is -0.423. The van der Waals surface area contributed by atoms with Crippen LogP contribution in [0.4, 0.5) is 5.95 Å². The highest BCUT2D eigenvalue weighted by Gasteiger charge is 2.48. The van der Waals surface area contributed by atoms with Crippen LogP contribution in [-0.4, -0.2) is 70.2 Å². The van der Waals surface area contributed by atoms with Crippen LogP contribution in [0.15, 0.2) is 11.1 Å². The molecule has 144 valence electrons. The van der Waals surface area contributed by atoms with Gasteiger partial charge in [-0.25, -0.2) is 4.98 Å². The van der Waals surface area contributed by atoms with Crippen molar-refractivity contribution in [3.8, 4) is 0 Å². The lowest BCUT2D eigenvalue weighted by molar-refractivity contribution is -0.0628. The molecule has 0 aromatic carbocycles. The van der Waals surface area contributed by atoms with E-state index in [0.717, 1.165) is 0 Å². The molecule has 11 nitrogen and oxygen atoms in total. The molecule has 2 aromatic heterocycles. The number of nitrogens with zero attached hydrogens (tertiary/aromatic N) is 3. The van der Waals surface area contributed by atoms with E-state index in [9.17, 15) is 9.69 Å². The predicted molar refractivity (Wildman–Crippen MR) is 96.4 cm³/mol. The molecule has 2 aromatic rings. The van der Waals surface area contributed by atoms with Crippen LogP contribution in [0.1, 0.15) is 6.23 Å². The Bertz CT molecular complexity index is 897. The molecule has 5 atom stereocenters. The molecule has 1 fully saturated rings. The monoisotopic (exact) mass is 405 g/mol. The number of fused-ring (bicyclic) bond motifs is 1. The molecule has 1 aliphatic heterocycles. The Balaban J connectivity index is 2.04. The van der Waals surface area contributed by atoms with Gasteiger partial charge < -0.3 is 29.4 Å². The molecule has 4 N–H and O–H groups in total. The van der Waals surface area contributed by atoms with Gasteiger partial charge in [-0.3, -0.25) is 14.3 Å². The topological polar surface area (TPSA) is 147 Å². The molecular formula is C13H20N5O6PS. The number of nitrogens with two attached hydrogens (primary N) is 1. The number of nitrogens with one attached hydrogen (secondary N) is 1. The number of anilines is 1. The lowest BCUT2D eigenvalue weighted by atomic mass is 10.1. The number of imidazole rings is 1. The summed E-state index contributed by atoms with van der Waals surface area (Å²) in [5, 5.41) is 0. The second kappa shape index (κ2) is 7.31. The molecule has 13 heteroatoms. The van der Waals surface area contributed by atoms with Crippen LogP contribution in [0, 0.1) is 0 Å². The van der Waals surface area contributed by atoms with Gasteiger partial charge in [0.2, 0.25) is 5.95 Å². The zero-order chi connectivity index (χ0) is 19.1. The summed E-state index contributed by atoms with van der Waals surface area (Å²) in [7, 11) is 3.00. The second-order valence-electron chi connectivity index (χ2n) is 5.87. The van der Waals surface area contributed by atoms with Gasteiger partial charge in [0.1, 0.15) is 18.3 Å². The Kier molecular flexibility index (Phi) is 5.45. The molecule has 0 saturated carbocycles. The third-order valence-electron chi connectivity index (χ3n) is 3.93. The van der Waals surface area contributed by atoms with Gasteiger partial charge in [-0.15, -0.1) is 0 Å². The van der Waals surface area contributed by atoms with Crippen molar-refractivity contribution in [1.29, 1.82) is 0 Å². The highest BCUT2D eigenvalue weighted by molar-refractivity contribution is 8.09. The van der Waals surface area contributed by atoms with Gasteiger partial charge in [0.15, 0.2) is 23.9 Å². The number of ether oxygens (including phenoxy) is 3. The van der Waals surface area contributed by atoms with E-state index in [4.69, 9.17) is 36.3 Å². The largest absolute Gasteiger partial charge is 0.382 e. The lowest BCUT2D eigenvalue weighted by Gasteiger charge is -2.25. The second-order valence-corrected chi connectivity index (χ2v) is 9.72. The first-order valence-electron chi connectivity index (χ1n) is 7.63. The highest BCUT2D eigenvalue weighted by atomic mass is 32.5. The minimum Gasteiger partial charge on any atom is -0.382 e. The maximum Gasteiger partial charge on any atom is 0.280 e. The average molecular weight is 405 g/mol. The summed E-state index contributed by atoms with van der Waals surface area (Å²) in [6, 6.07) is 0. The summed E-state index contributed by atoms with van der Waals surface area (Å²) in [5.41, 5.74) is 5.54. The fourth-order valence-electron chi connectivity index (χ4n) is 2.96. The van der Waals surface area contributed by atoms with Crippen molar-refractivity contribution in [3.05, 3.63) is 16.7 Å². The van der Waals surface area contributed by atoms with Crippen LogP contribution < -0.4 is 11.3 Å².